The average Bonchev–Trinajstić information content (AvgIpc) is 2.83. The van der Waals surface area contributed by atoms with E-state index in [1.165, 1.54) is 10.5 Å². The van der Waals surface area contributed by atoms with E-state index in [1.807, 2.05) is 12.1 Å². The number of carbonyl (C=O) groups is 1. The molecule has 1 N–H and O–H groups in total. The van der Waals surface area contributed by atoms with Crippen LogP contribution in [0.5, 0.6) is 0 Å². The highest BCUT2D eigenvalue weighted by Gasteiger charge is 2.24. The molecule has 1 amide bonds. The van der Waals surface area contributed by atoms with Gasteiger partial charge in [-0.2, -0.15) is 0 Å². The van der Waals surface area contributed by atoms with Crippen molar-refractivity contribution in [3.05, 3.63) is 58.3 Å². The maximum Gasteiger partial charge on any atom is 0.253 e. The summed E-state index contributed by atoms with van der Waals surface area (Å²) in [6, 6.07) is 9.99. The third-order valence-corrected chi connectivity index (χ3v) is 4.84. The van der Waals surface area contributed by atoms with Gasteiger partial charge >= 0.3 is 0 Å². The zero-order valence-electron chi connectivity index (χ0n) is 9.97. The highest BCUT2D eigenvalue weighted by molar-refractivity contribution is 9.10. The van der Waals surface area contributed by atoms with Crippen LogP contribution in [0.4, 0.5) is 0 Å². The predicted molar refractivity (Wildman–Crippen MR) is 79.3 cm³/mol. The topological polar surface area (TPSA) is 42.0 Å². The monoisotopic (exact) mass is 334 g/mol. The minimum atomic E-state index is -0.0726. The quantitative estimate of drug-likeness (QED) is 0.914. The number of thioether (sulfide) groups is 1. The number of hydrogen-bond donors (Lipinski definition) is 1. The van der Waals surface area contributed by atoms with Crippen molar-refractivity contribution in [2.45, 2.75) is 10.9 Å². The third kappa shape index (κ3) is 2.53. The molecule has 0 spiro atoms. The predicted octanol–water partition coefficient (Wildman–Crippen LogP) is 3.42. The van der Waals surface area contributed by atoms with Crippen LogP contribution in [0.2, 0.25) is 0 Å². The minimum Gasteiger partial charge on any atom is -0.344 e. The van der Waals surface area contributed by atoms with Crippen LogP contribution in [0.15, 0.2) is 52.1 Å². The number of rotatable bonds is 2. The van der Waals surface area contributed by atoms with Crippen LogP contribution in [0.25, 0.3) is 0 Å². The molecule has 1 atom stereocenters. The molecule has 0 unspecified atom stereocenters. The maximum absolute atomic E-state index is 12.3. The number of aromatic nitrogens is 1. The molecule has 96 valence electrons. The Labute approximate surface area is 123 Å². The fourth-order valence-corrected chi connectivity index (χ4v) is 3.67. The normalized spacial score (nSPS) is 17.0. The van der Waals surface area contributed by atoms with E-state index in [4.69, 9.17) is 0 Å². The second-order valence-electron chi connectivity index (χ2n) is 4.23. The Morgan fingerprint density at radius 1 is 1.37 bits per heavy atom. The molecule has 0 saturated heterocycles. The summed E-state index contributed by atoms with van der Waals surface area (Å²) in [4.78, 5) is 17.5. The molecular formula is C14H11BrN2OS. The van der Waals surface area contributed by atoms with E-state index in [-0.39, 0.29) is 11.9 Å². The van der Waals surface area contributed by atoms with Gasteiger partial charge in [0.1, 0.15) is 0 Å². The van der Waals surface area contributed by atoms with Gasteiger partial charge in [0.25, 0.3) is 5.91 Å². The molecule has 2 aromatic rings. The SMILES string of the molecule is O=C(N[C@@H]1CSc2ccccc21)c1ccncc1Br. The maximum atomic E-state index is 12.3. The van der Waals surface area contributed by atoms with Gasteiger partial charge in [-0.25, -0.2) is 0 Å². The summed E-state index contributed by atoms with van der Waals surface area (Å²) < 4.78 is 0.714. The second-order valence-corrected chi connectivity index (χ2v) is 6.15. The van der Waals surface area contributed by atoms with Crippen LogP contribution in [-0.2, 0) is 0 Å². The van der Waals surface area contributed by atoms with Crippen LogP contribution >= 0.6 is 27.7 Å². The van der Waals surface area contributed by atoms with E-state index in [0.717, 1.165) is 5.75 Å². The third-order valence-electron chi connectivity index (χ3n) is 3.02. The first-order valence-electron chi connectivity index (χ1n) is 5.88. The number of hydrogen-bond acceptors (Lipinski definition) is 3. The summed E-state index contributed by atoms with van der Waals surface area (Å²) in [6.45, 7) is 0. The van der Waals surface area contributed by atoms with Gasteiger partial charge in [0.2, 0.25) is 0 Å². The van der Waals surface area contributed by atoms with E-state index in [1.54, 1.807) is 30.2 Å². The number of fused-ring (bicyclic) bond motifs is 1. The van der Waals surface area contributed by atoms with Gasteiger partial charge < -0.3 is 5.32 Å². The Hall–Kier alpha value is -1.33. The molecule has 0 aliphatic carbocycles. The van der Waals surface area contributed by atoms with Gasteiger partial charge in [0.05, 0.1) is 11.6 Å². The van der Waals surface area contributed by atoms with Crippen molar-refractivity contribution in [2.24, 2.45) is 0 Å². The fourth-order valence-electron chi connectivity index (χ4n) is 2.08. The van der Waals surface area contributed by atoms with Crippen molar-refractivity contribution in [1.29, 1.82) is 0 Å². The van der Waals surface area contributed by atoms with Gasteiger partial charge in [-0.05, 0) is 33.6 Å². The standard InChI is InChI=1S/C14H11BrN2OS/c15-11-7-16-6-5-9(11)14(18)17-12-8-19-13-4-2-1-3-10(12)13/h1-7,12H,8H2,(H,17,18)/t12-/m1/s1. The van der Waals surface area contributed by atoms with Gasteiger partial charge in [-0.3, -0.25) is 9.78 Å². The number of benzene rings is 1. The summed E-state index contributed by atoms with van der Waals surface area (Å²) in [5.74, 6) is 0.810. The van der Waals surface area contributed by atoms with Crippen LogP contribution in [0.1, 0.15) is 22.0 Å². The zero-order valence-corrected chi connectivity index (χ0v) is 12.4. The molecule has 1 aliphatic heterocycles. The molecule has 3 rings (SSSR count). The molecule has 2 heterocycles. The average molecular weight is 335 g/mol. The van der Waals surface area contributed by atoms with Gasteiger partial charge in [-0.15, -0.1) is 11.8 Å². The Balaban J connectivity index is 1.81. The van der Waals surface area contributed by atoms with E-state index < -0.39 is 0 Å². The number of carbonyl (C=O) groups excluding carboxylic acids is 1. The van der Waals surface area contributed by atoms with Crippen LogP contribution in [-0.4, -0.2) is 16.6 Å². The summed E-state index contributed by atoms with van der Waals surface area (Å²) in [5.41, 5.74) is 1.82. The summed E-state index contributed by atoms with van der Waals surface area (Å²) in [6.07, 6.45) is 3.25. The van der Waals surface area contributed by atoms with Crippen LogP contribution in [0, 0.1) is 0 Å². The number of nitrogens with one attached hydrogen (secondary N) is 1. The summed E-state index contributed by atoms with van der Waals surface area (Å²) in [5, 5.41) is 3.07. The molecule has 5 heteroatoms. The van der Waals surface area contributed by atoms with Crippen molar-refractivity contribution >= 4 is 33.6 Å². The first kappa shape index (κ1) is 12.7. The lowest BCUT2D eigenvalue weighted by atomic mass is 10.1. The molecule has 0 bridgehead atoms. The van der Waals surface area contributed by atoms with Gasteiger partial charge in [0.15, 0.2) is 0 Å². The Kier molecular flexibility index (Phi) is 3.57. The van der Waals surface area contributed by atoms with E-state index in [9.17, 15) is 4.79 Å². The highest BCUT2D eigenvalue weighted by atomic mass is 79.9. The molecule has 1 aromatic heterocycles. The number of nitrogens with zero attached hydrogens (tertiary/aromatic N) is 1. The highest BCUT2D eigenvalue weighted by Crippen LogP contribution is 2.37. The van der Waals surface area contributed by atoms with Crippen LogP contribution < -0.4 is 5.32 Å². The lowest BCUT2D eigenvalue weighted by Crippen LogP contribution is -2.28. The lowest BCUT2D eigenvalue weighted by Gasteiger charge is -2.13. The van der Waals surface area contributed by atoms with Crippen molar-refractivity contribution in [1.82, 2.24) is 10.3 Å². The van der Waals surface area contributed by atoms with Crippen molar-refractivity contribution < 1.29 is 4.79 Å². The van der Waals surface area contributed by atoms with Gasteiger partial charge in [0, 0.05) is 27.5 Å². The smallest absolute Gasteiger partial charge is 0.253 e. The molecule has 3 nitrogen and oxygen atoms in total. The molecule has 0 fully saturated rings. The summed E-state index contributed by atoms with van der Waals surface area (Å²) >= 11 is 5.13. The van der Waals surface area contributed by atoms with Gasteiger partial charge in [-0.1, -0.05) is 18.2 Å². The minimum absolute atomic E-state index is 0.0726. The molecule has 0 saturated carbocycles. The first-order chi connectivity index (χ1) is 9.25. The van der Waals surface area contributed by atoms with E-state index in [2.05, 4.69) is 38.4 Å². The number of pyridine rings is 1. The Morgan fingerprint density at radius 2 is 2.21 bits per heavy atom. The van der Waals surface area contributed by atoms with E-state index in [0.29, 0.717) is 10.0 Å². The zero-order chi connectivity index (χ0) is 13.2. The fraction of sp³-hybridized carbons (Fsp3) is 0.143. The van der Waals surface area contributed by atoms with Crippen molar-refractivity contribution in [2.75, 3.05) is 5.75 Å². The number of halogens is 1. The van der Waals surface area contributed by atoms with E-state index >= 15 is 0 Å². The van der Waals surface area contributed by atoms with Crippen LogP contribution in [0.3, 0.4) is 0 Å². The molecule has 19 heavy (non-hydrogen) atoms. The molecular weight excluding hydrogens is 324 g/mol. The molecule has 1 aliphatic rings. The van der Waals surface area contributed by atoms with Crippen molar-refractivity contribution in [3.8, 4) is 0 Å². The largest absolute Gasteiger partial charge is 0.344 e. The first-order valence-corrected chi connectivity index (χ1v) is 7.65. The van der Waals surface area contributed by atoms with Crippen molar-refractivity contribution in [3.63, 3.8) is 0 Å². The summed E-state index contributed by atoms with van der Waals surface area (Å²) in [7, 11) is 0. The Bertz CT molecular complexity index is 632. The lowest BCUT2D eigenvalue weighted by molar-refractivity contribution is 0.0940. The molecule has 0 radical (unpaired) electrons. The molecule has 1 aromatic carbocycles. The Morgan fingerprint density at radius 3 is 3.05 bits per heavy atom. The second kappa shape index (κ2) is 5.35. The number of amides is 1.